The van der Waals surface area contributed by atoms with Gasteiger partial charge in [-0.05, 0) is 0 Å². The van der Waals surface area contributed by atoms with E-state index in [0.717, 1.165) is 0 Å². The van der Waals surface area contributed by atoms with Crippen LogP contribution in [0.5, 0.6) is 0 Å². The average Bonchev–Trinajstić information content (AvgIpc) is 1.58. The summed E-state index contributed by atoms with van der Waals surface area (Å²) in [7, 11) is -6.67. The van der Waals surface area contributed by atoms with E-state index in [1.165, 1.54) is 0 Å². The third-order valence-corrected chi connectivity index (χ3v) is 1.50. The summed E-state index contributed by atoms with van der Waals surface area (Å²) in [4.78, 5) is 0. The summed E-state index contributed by atoms with van der Waals surface area (Å²) in [6.45, 7) is 0. The molecule has 1 radical (unpaired) electrons. The summed E-state index contributed by atoms with van der Waals surface area (Å²) in [5, 5.41) is -6.21. The zero-order valence-electron chi connectivity index (χ0n) is 5.23. The van der Waals surface area contributed by atoms with Crippen LogP contribution < -0.4 is 0 Å². The van der Waals surface area contributed by atoms with Crippen LogP contribution >= 0.6 is 0 Å². The van der Waals surface area contributed by atoms with Crippen molar-refractivity contribution in [2.24, 2.45) is 0 Å². The molecule has 0 aromatic carbocycles. The second-order valence-electron chi connectivity index (χ2n) is 1.47. The Bertz CT molecular complexity index is 242. The van der Waals surface area contributed by atoms with Crippen LogP contribution in [0.3, 0.4) is 0 Å². The largest absolute Gasteiger partial charge is 1.00 e. The molecule has 0 rings (SSSR count). The Kier molecular flexibility index (Phi) is 4.62. The van der Waals surface area contributed by atoms with E-state index < -0.39 is 21.5 Å². The van der Waals surface area contributed by atoms with Gasteiger partial charge < -0.3 is 4.55 Å². The fourth-order valence-electron chi connectivity index (χ4n) is 0.142. The SMILES string of the molecule is O=S(=O)([O-])C(F)(F)C(F)(F)F.[Hg+]. The Morgan fingerprint density at radius 2 is 1.25 bits per heavy atom. The van der Waals surface area contributed by atoms with Gasteiger partial charge in [0.1, 0.15) is 0 Å². The van der Waals surface area contributed by atoms with Gasteiger partial charge in [0.05, 0.1) is 0 Å². The maximum absolute atomic E-state index is 11.4. The molecule has 0 atom stereocenters. The molecule has 0 amide bonds. The van der Waals surface area contributed by atoms with Crippen LogP contribution in [0.2, 0.25) is 0 Å². The van der Waals surface area contributed by atoms with Crippen LogP contribution in [0.25, 0.3) is 0 Å². The van der Waals surface area contributed by atoms with Crippen molar-refractivity contribution in [3.63, 3.8) is 0 Å². The summed E-state index contributed by atoms with van der Waals surface area (Å²) in [6, 6.07) is 0. The maximum atomic E-state index is 11.4. The predicted molar refractivity (Wildman–Crippen MR) is 20.7 cm³/mol. The van der Waals surface area contributed by atoms with E-state index in [9.17, 15) is 34.9 Å². The Labute approximate surface area is 84.2 Å². The summed E-state index contributed by atoms with van der Waals surface area (Å²) in [5.74, 6) is 0. The number of hydrogen-bond acceptors (Lipinski definition) is 3. The first-order valence-electron chi connectivity index (χ1n) is 1.90. The zero-order chi connectivity index (χ0) is 9.50. The van der Waals surface area contributed by atoms with Crippen molar-refractivity contribution in [2.75, 3.05) is 0 Å². The van der Waals surface area contributed by atoms with Crippen LogP contribution in [0.15, 0.2) is 0 Å². The van der Waals surface area contributed by atoms with Crippen molar-refractivity contribution in [2.45, 2.75) is 11.4 Å². The topological polar surface area (TPSA) is 57.2 Å². The monoisotopic (exact) mass is 401 g/mol. The Morgan fingerprint density at radius 3 is 1.25 bits per heavy atom. The molecule has 0 N–H and O–H groups in total. The zero-order valence-corrected chi connectivity index (χ0v) is 11.5. The predicted octanol–water partition coefficient (Wildman–Crippen LogP) is 0.684. The van der Waals surface area contributed by atoms with Gasteiger partial charge in [0.15, 0.2) is 10.1 Å². The Hall–Kier alpha value is 0.495. The third-order valence-electron chi connectivity index (χ3n) is 0.644. The first kappa shape index (κ1) is 15.0. The van der Waals surface area contributed by atoms with Crippen LogP contribution in [0, 0.1) is 0 Å². The molecule has 0 bridgehead atoms. The third kappa shape index (κ3) is 2.77. The minimum Gasteiger partial charge on any atom is -0.743 e. The van der Waals surface area contributed by atoms with Gasteiger partial charge in [0.2, 0.25) is 0 Å². The minimum atomic E-state index is -6.67. The number of rotatable bonds is 1. The van der Waals surface area contributed by atoms with E-state index >= 15 is 0 Å². The molecule has 0 unspecified atom stereocenters. The fraction of sp³-hybridized carbons (Fsp3) is 1.00. The molecule has 0 spiro atoms. The smallest absolute Gasteiger partial charge is 0.743 e. The molecule has 12 heavy (non-hydrogen) atoms. The van der Waals surface area contributed by atoms with E-state index in [4.69, 9.17) is 0 Å². The van der Waals surface area contributed by atoms with Crippen LogP contribution in [0.1, 0.15) is 0 Å². The van der Waals surface area contributed by atoms with Crippen LogP contribution in [0.4, 0.5) is 22.0 Å². The van der Waals surface area contributed by atoms with Gasteiger partial charge in [0, 0.05) is 0 Å². The molecule has 0 heterocycles. The molecule has 0 aliphatic carbocycles. The summed E-state index contributed by atoms with van der Waals surface area (Å²) in [6.07, 6.45) is -6.35. The van der Waals surface area contributed by atoms with E-state index in [2.05, 4.69) is 0 Å². The second kappa shape index (κ2) is 3.70. The average molecular weight is 400 g/mol. The minimum absolute atomic E-state index is 0. The number of halogens is 5. The van der Waals surface area contributed by atoms with E-state index in [-0.39, 0.29) is 27.7 Å². The Balaban J connectivity index is 0. The normalized spacial score (nSPS) is 13.8. The van der Waals surface area contributed by atoms with Crippen molar-refractivity contribution in [3.05, 3.63) is 0 Å². The van der Waals surface area contributed by atoms with E-state index in [1.54, 1.807) is 0 Å². The molecule has 0 aromatic heterocycles. The van der Waals surface area contributed by atoms with Gasteiger partial charge >= 0.3 is 39.1 Å². The van der Waals surface area contributed by atoms with Crippen molar-refractivity contribution in [3.8, 4) is 0 Å². The Morgan fingerprint density at radius 1 is 1.00 bits per heavy atom. The molecular weight excluding hydrogens is 400 g/mol. The van der Waals surface area contributed by atoms with Gasteiger partial charge in [-0.3, -0.25) is 0 Å². The summed E-state index contributed by atoms with van der Waals surface area (Å²) < 4.78 is 83.6. The first-order valence-corrected chi connectivity index (χ1v) is 3.31. The molecule has 0 aromatic rings. The number of alkyl halides is 5. The molecule has 0 aliphatic rings. The van der Waals surface area contributed by atoms with E-state index in [0.29, 0.717) is 0 Å². The van der Waals surface area contributed by atoms with E-state index in [1.807, 2.05) is 0 Å². The van der Waals surface area contributed by atoms with Gasteiger partial charge in [-0.25, -0.2) is 8.42 Å². The molecule has 0 saturated carbocycles. The van der Waals surface area contributed by atoms with Gasteiger partial charge in [0.25, 0.3) is 0 Å². The maximum Gasteiger partial charge on any atom is 1.00 e. The van der Waals surface area contributed by atoms with Crippen molar-refractivity contribution < 1.29 is 62.6 Å². The molecule has 0 aliphatic heterocycles. The van der Waals surface area contributed by atoms with Crippen LogP contribution in [-0.2, 0) is 37.8 Å². The van der Waals surface area contributed by atoms with Crippen molar-refractivity contribution in [1.82, 2.24) is 0 Å². The number of hydrogen-bond donors (Lipinski definition) is 0. The quantitative estimate of drug-likeness (QED) is 0.370. The standard InChI is InChI=1S/C2HF5O3S.Hg/c3-1(4,5)2(6,7)11(8,9)10;/h(H,8,9,10);/q;+1/p-1. The molecular formula is C2F5HgO3S. The van der Waals surface area contributed by atoms with Gasteiger partial charge in [-0.2, -0.15) is 22.0 Å². The summed E-state index contributed by atoms with van der Waals surface area (Å²) in [5.41, 5.74) is 0. The summed E-state index contributed by atoms with van der Waals surface area (Å²) >= 11 is 0. The van der Waals surface area contributed by atoms with Gasteiger partial charge in [-0.15, -0.1) is 0 Å². The first-order chi connectivity index (χ1) is 4.50. The molecule has 69 valence electrons. The van der Waals surface area contributed by atoms with Crippen LogP contribution in [-0.4, -0.2) is 24.4 Å². The molecule has 3 nitrogen and oxygen atoms in total. The van der Waals surface area contributed by atoms with Crippen molar-refractivity contribution in [1.29, 1.82) is 0 Å². The van der Waals surface area contributed by atoms with Crippen molar-refractivity contribution >= 4 is 10.1 Å². The van der Waals surface area contributed by atoms with Gasteiger partial charge in [-0.1, -0.05) is 0 Å². The molecule has 0 fully saturated rings. The fourth-order valence-corrected chi connectivity index (χ4v) is 0.425. The molecule has 0 saturated heterocycles. The molecule has 10 heteroatoms. The second-order valence-corrected chi connectivity index (χ2v) is 2.89.